The quantitative estimate of drug-likeness (QED) is 0.591. The van der Waals surface area contributed by atoms with Gasteiger partial charge in [0.25, 0.3) is 0 Å². The molecule has 3 amide bonds. The van der Waals surface area contributed by atoms with E-state index >= 15 is 0 Å². The number of nitrogens with one attached hydrogen (secondary N) is 3. The van der Waals surface area contributed by atoms with E-state index in [1.807, 2.05) is 67.7 Å². The molecule has 0 atom stereocenters. The normalized spacial score (nSPS) is 10.3. The molecule has 0 fully saturated rings. The summed E-state index contributed by atoms with van der Waals surface area (Å²) in [5, 5.41) is 12.2. The second kappa shape index (κ2) is 9.36. The van der Waals surface area contributed by atoms with E-state index in [1.54, 1.807) is 10.9 Å². The van der Waals surface area contributed by atoms with Crippen LogP contribution in [0, 0.1) is 6.92 Å². The number of amides is 3. The van der Waals surface area contributed by atoms with Crippen LogP contribution < -0.4 is 16.0 Å². The van der Waals surface area contributed by atoms with Crippen molar-refractivity contribution in [3.8, 4) is 0 Å². The minimum Gasteiger partial charge on any atom is -0.334 e. The summed E-state index contributed by atoms with van der Waals surface area (Å²) >= 11 is 0. The molecule has 0 aliphatic heterocycles. The van der Waals surface area contributed by atoms with Crippen molar-refractivity contribution >= 4 is 17.6 Å². The van der Waals surface area contributed by atoms with Gasteiger partial charge in [0, 0.05) is 24.6 Å². The number of aromatic nitrogens is 2. The highest BCUT2D eigenvalue weighted by Crippen LogP contribution is 2.11. The fraction of sp³-hybridized carbons (Fsp3) is 0.190. The smallest absolute Gasteiger partial charge is 0.315 e. The van der Waals surface area contributed by atoms with Gasteiger partial charge in [0.05, 0.1) is 13.1 Å². The molecular weight excluding hydrogens is 354 g/mol. The largest absolute Gasteiger partial charge is 0.334 e. The van der Waals surface area contributed by atoms with Crippen molar-refractivity contribution in [3.63, 3.8) is 0 Å². The summed E-state index contributed by atoms with van der Waals surface area (Å²) in [6.07, 6.45) is 3.60. The Morgan fingerprint density at radius 3 is 2.57 bits per heavy atom. The van der Waals surface area contributed by atoms with Gasteiger partial charge in [0.1, 0.15) is 0 Å². The van der Waals surface area contributed by atoms with Gasteiger partial charge < -0.3 is 16.0 Å². The van der Waals surface area contributed by atoms with E-state index in [0.717, 1.165) is 11.1 Å². The van der Waals surface area contributed by atoms with Gasteiger partial charge in [-0.1, -0.05) is 42.0 Å². The van der Waals surface area contributed by atoms with Crippen molar-refractivity contribution in [2.24, 2.45) is 0 Å². The van der Waals surface area contributed by atoms with Gasteiger partial charge in [-0.25, -0.2) is 4.79 Å². The Labute approximate surface area is 163 Å². The zero-order valence-electron chi connectivity index (χ0n) is 15.7. The van der Waals surface area contributed by atoms with E-state index < -0.39 is 0 Å². The lowest BCUT2D eigenvalue weighted by Crippen LogP contribution is -2.39. The van der Waals surface area contributed by atoms with E-state index in [2.05, 4.69) is 21.0 Å². The molecule has 1 heterocycles. The van der Waals surface area contributed by atoms with E-state index in [-0.39, 0.29) is 18.5 Å². The zero-order chi connectivity index (χ0) is 19.8. The molecule has 3 aromatic rings. The lowest BCUT2D eigenvalue weighted by molar-refractivity contribution is -0.115. The third-order valence-corrected chi connectivity index (χ3v) is 4.10. The fourth-order valence-corrected chi connectivity index (χ4v) is 2.64. The highest BCUT2D eigenvalue weighted by atomic mass is 16.2. The summed E-state index contributed by atoms with van der Waals surface area (Å²) < 4.78 is 1.81. The van der Waals surface area contributed by atoms with Crippen molar-refractivity contribution in [3.05, 3.63) is 83.7 Å². The van der Waals surface area contributed by atoms with E-state index in [4.69, 9.17) is 0 Å². The summed E-state index contributed by atoms with van der Waals surface area (Å²) in [6.45, 7) is 2.93. The van der Waals surface area contributed by atoms with Gasteiger partial charge in [-0.3, -0.25) is 9.48 Å². The summed E-state index contributed by atoms with van der Waals surface area (Å²) in [5.74, 6) is -0.290. The maximum Gasteiger partial charge on any atom is 0.315 e. The third kappa shape index (κ3) is 5.98. The highest BCUT2D eigenvalue weighted by Gasteiger charge is 2.06. The zero-order valence-corrected chi connectivity index (χ0v) is 15.7. The van der Waals surface area contributed by atoms with E-state index in [9.17, 15) is 9.59 Å². The molecule has 2 aromatic carbocycles. The Morgan fingerprint density at radius 1 is 1.00 bits per heavy atom. The van der Waals surface area contributed by atoms with Crippen molar-refractivity contribution < 1.29 is 9.59 Å². The predicted molar refractivity (Wildman–Crippen MR) is 108 cm³/mol. The van der Waals surface area contributed by atoms with Crippen LogP contribution in [0.3, 0.4) is 0 Å². The Balaban J connectivity index is 1.42. The maximum absolute atomic E-state index is 12.1. The van der Waals surface area contributed by atoms with Crippen LogP contribution in [0.1, 0.15) is 16.7 Å². The number of rotatable bonds is 7. The number of carbonyl (C=O) groups is 2. The second-order valence-electron chi connectivity index (χ2n) is 6.47. The molecule has 7 heteroatoms. The molecule has 1 aromatic heterocycles. The van der Waals surface area contributed by atoms with Gasteiger partial charge in [-0.2, -0.15) is 5.10 Å². The number of hydrogen-bond donors (Lipinski definition) is 3. The van der Waals surface area contributed by atoms with Crippen LogP contribution in [-0.2, 0) is 17.9 Å². The Kier molecular flexibility index (Phi) is 6.41. The molecule has 28 heavy (non-hydrogen) atoms. The average Bonchev–Trinajstić information content (AvgIpc) is 3.19. The Bertz CT molecular complexity index is 920. The van der Waals surface area contributed by atoms with Gasteiger partial charge in [0.2, 0.25) is 5.91 Å². The first kappa shape index (κ1) is 19.2. The molecule has 0 aliphatic rings. The molecular formula is C21H23N5O2. The minimum atomic E-state index is -0.386. The lowest BCUT2D eigenvalue weighted by Gasteiger charge is -2.10. The van der Waals surface area contributed by atoms with Crippen LogP contribution in [-0.4, -0.2) is 28.3 Å². The fourth-order valence-electron chi connectivity index (χ4n) is 2.64. The third-order valence-electron chi connectivity index (χ3n) is 4.10. The number of urea groups is 1. The van der Waals surface area contributed by atoms with Crippen molar-refractivity contribution in [1.29, 1.82) is 0 Å². The molecule has 144 valence electrons. The van der Waals surface area contributed by atoms with Crippen LogP contribution >= 0.6 is 0 Å². The highest BCUT2D eigenvalue weighted by molar-refractivity contribution is 5.94. The van der Waals surface area contributed by atoms with Crippen LogP contribution in [0.2, 0.25) is 0 Å². The number of hydrogen-bond acceptors (Lipinski definition) is 3. The van der Waals surface area contributed by atoms with Gasteiger partial charge >= 0.3 is 6.03 Å². The molecule has 0 aliphatic carbocycles. The molecule has 0 saturated carbocycles. The molecule has 7 nitrogen and oxygen atoms in total. The van der Waals surface area contributed by atoms with E-state index in [0.29, 0.717) is 18.8 Å². The topological polar surface area (TPSA) is 88.0 Å². The molecule has 0 bridgehead atoms. The number of benzene rings is 2. The van der Waals surface area contributed by atoms with Crippen molar-refractivity contribution in [2.45, 2.75) is 20.0 Å². The lowest BCUT2D eigenvalue weighted by atomic mass is 10.1. The number of nitrogens with zero attached hydrogens (tertiary/aromatic N) is 2. The van der Waals surface area contributed by atoms with Crippen LogP contribution in [0.15, 0.2) is 67.0 Å². The first-order valence-electron chi connectivity index (χ1n) is 9.02. The van der Waals surface area contributed by atoms with Gasteiger partial charge in [-0.15, -0.1) is 0 Å². The molecule has 0 radical (unpaired) electrons. The molecule has 0 unspecified atom stereocenters. The number of anilines is 1. The summed E-state index contributed by atoms with van der Waals surface area (Å²) in [7, 11) is 0. The van der Waals surface area contributed by atoms with Crippen molar-refractivity contribution in [1.82, 2.24) is 20.4 Å². The van der Waals surface area contributed by atoms with Crippen LogP contribution in [0.5, 0.6) is 0 Å². The number of aryl methyl sites for hydroxylation is 1. The van der Waals surface area contributed by atoms with Gasteiger partial charge in [0.15, 0.2) is 0 Å². The first-order chi connectivity index (χ1) is 13.6. The van der Waals surface area contributed by atoms with Crippen LogP contribution in [0.25, 0.3) is 0 Å². The Morgan fingerprint density at radius 2 is 1.82 bits per heavy atom. The predicted octanol–water partition coefficient (Wildman–Crippen LogP) is 2.68. The van der Waals surface area contributed by atoms with Crippen LogP contribution in [0.4, 0.5) is 10.5 Å². The summed E-state index contributed by atoms with van der Waals surface area (Å²) in [4.78, 5) is 23.9. The number of carbonyl (C=O) groups excluding carboxylic acids is 2. The SMILES string of the molecule is Cc1ccc(CNC(=O)NCC(=O)Nc2cccc(Cn3cccn3)c2)cc1. The van der Waals surface area contributed by atoms with Crippen molar-refractivity contribution in [2.75, 3.05) is 11.9 Å². The average molecular weight is 377 g/mol. The monoisotopic (exact) mass is 377 g/mol. The summed E-state index contributed by atoms with van der Waals surface area (Å²) in [6, 6.07) is 16.9. The minimum absolute atomic E-state index is 0.108. The second-order valence-corrected chi connectivity index (χ2v) is 6.47. The van der Waals surface area contributed by atoms with E-state index in [1.165, 1.54) is 5.56 Å². The van der Waals surface area contributed by atoms with Gasteiger partial charge in [-0.05, 0) is 36.2 Å². The summed E-state index contributed by atoms with van der Waals surface area (Å²) in [5.41, 5.74) is 3.86. The Hall–Kier alpha value is -3.61. The standard InChI is InChI=1S/C21H23N5O2/c1-16-6-8-17(9-7-16)13-22-21(28)23-14-20(27)25-19-5-2-4-18(12-19)15-26-11-3-10-24-26/h2-12H,13-15H2,1H3,(H,25,27)(H2,22,23,28). The molecule has 3 N–H and O–H groups in total. The maximum atomic E-state index is 12.1. The first-order valence-corrected chi connectivity index (χ1v) is 9.02. The molecule has 0 spiro atoms. The molecule has 0 saturated heterocycles. The molecule has 3 rings (SSSR count).